The highest BCUT2D eigenvalue weighted by molar-refractivity contribution is 5.92. The molecule has 3 rings (SSSR count). The van der Waals surface area contributed by atoms with Crippen molar-refractivity contribution in [1.82, 2.24) is 24.7 Å². The molecule has 6 nitrogen and oxygen atoms in total. The molecule has 0 N–H and O–H groups in total. The lowest BCUT2D eigenvalue weighted by atomic mass is 10.2. The smallest absolute Gasteiger partial charge is 0.272 e. The topological polar surface area (TPSA) is 52.6 Å². The molecule has 0 spiro atoms. The summed E-state index contributed by atoms with van der Waals surface area (Å²) in [4.78, 5) is 28.3. The monoisotopic (exact) mass is 303 g/mol. The van der Waals surface area contributed by atoms with Crippen molar-refractivity contribution < 1.29 is 4.79 Å². The van der Waals surface area contributed by atoms with Gasteiger partial charge in [0.1, 0.15) is 11.5 Å². The predicted octanol–water partition coefficient (Wildman–Crippen LogP) is 0.939. The van der Waals surface area contributed by atoms with Crippen molar-refractivity contribution >= 4 is 5.91 Å². The first kappa shape index (κ1) is 15.4. The summed E-state index contributed by atoms with van der Waals surface area (Å²) in [6.45, 7) is 6.42. The van der Waals surface area contributed by atoms with Crippen molar-refractivity contribution in [2.45, 2.75) is 25.8 Å². The Morgan fingerprint density at radius 2 is 1.86 bits per heavy atom. The second kappa shape index (κ2) is 6.30. The zero-order valence-corrected chi connectivity index (χ0v) is 13.7. The van der Waals surface area contributed by atoms with Crippen molar-refractivity contribution in [2.75, 3.05) is 46.8 Å². The lowest BCUT2D eigenvalue weighted by Crippen LogP contribution is -2.47. The van der Waals surface area contributed by atoms with Gasteiger partial charge in [-0.2, -0.15) is 0 Å². The first-order chi connectivity index (χ1) is 10.5. The van der Waals surface area contributed by atoms with E-state index < -0.39 is 0 Å². The van der Waals surface area contributed by atoms with Gasteiger partial charge in [-0.25, -0.2) is 9.97 Å². The molecule has 6 heteroatoms. The molecule has 1 aromatic heterocycles. The van der Waals surface area contributed by atoms with Crippen molar-refractivity contribution in [2.24, 2.45) is 0 Å². The molecule has 1 unspecified atom stereocenters. The Labute approximate surface area is 132 Å². The highest BCUT2D eigenvalue weighted by atomic mass is 16.2. The number of hydrogen-bond acceptors (Lipinski definition) is 5. The summed E-state index contributed by atoms with van der Waals surface area (Å²) in [5.74, 6) is 0.845. The molecule has 3 heterocycles. The molecule has 1 amide bonds. The highest BCUT2D eigenvalue weighted by Crippen LogP contribution is 2.28. The molecule has 2 saturated heterocycles. The average Bonchev–Trinajstić information content (AvgIpc) is 2.93. The lowest BCUT2D eigenvalue weighted by Gasteiger charge is -2.32. The third kappa shape index (κ3) is 3.13. The third-order valence-electron chi connectivity index (χ3n) is 4.70. The van der Waals surface area contributed by atoms with E-state index in [4.69, 9.17) is 0 Å². The van der Waals surface area contributed by atoms with Crippen LogP contribution in [-0.2, 0) is 0 Å². The number of aromatic nitrogens is 2. The second-order valence-electron chi connectivity index (χ2n) is 6.49. The van der Waals surface area contributed by atoms with E-state index in [1.54, 1.807) is 0 Å². The van der Waals surface area contributed by atoms with E-state index in [9.17, 15) is 4.79 Å². The summed E-state index contributed by atoms with van der Waals surface area (Å²) in [6, 6.07) is 2.07. The van der Waals surface area contributed by atoms with Crippen LogP contribution in [0.2, 0.25) is 0 Å². The normalized spacial score (nSPS) is 24.0. The molecule has 0 radical (unpaired) electrons. The largest absolute Gasteiger partial charge is 0.335 e. The third-order valence-corrected chi connectivity index (χ3v) is 4.70. The molecular formula is C16H25N5O. The van der Waals surface area contributed by atoms with Gasteiger partial charge in [0.05, 0.1) is 6.04 Å². The molecule has 0 aliphatic carbocycles. The number of nitrogens with zero attached hydrogens (tertiary/aromatic N) is 5. The Hall–Kier alpha value is -1.53. The minimum Gasteiger partial charge on any atom is -0.335 e. The number of piperazine rings is 1. The summed E-state index contributed by atoms with van der Waals surface area (Å²) in [5.41, 5.74) is 1.43. The number of amides is 1. The fourth-order valence-corrected chi connectivity index (χ4v) is 3.26. The maximum absolute atomic E-state index is 12.7. The number of carbonyl (C=O) groups excluding carboxylic acids is 1. The van der Waals surface area contributed by atoms with E-state index in [1.807, 2.05) is 17.9 Å². The molecule has 2 aliphatic heterocycles. The quantitative estimate of drug-likeness (QED) is 0.814. The summed E-state index contributed by atoms with van der Waals surface area (Å²) >= 11 is 0. The fraction of sp³-hybridized carbons (Fsp3) is 0.688. The van der Waals surface area contributed by atoms with Crippen LogP contribution in [0.1, 0.15) is 40.9 Å². The zero-order chi connectivity index (χ0) is 15.7. The zero-order valence-electron chi connectivity index (χ0n) is 13.7. The minimum atomic E-state index is 0.0421. The van der Waals surface area contributed by atoms with Gasteiger partial charge in [-0.05, 0) is 46.5 Å². The molecule has 1 atom stereocenters. The predicted molar refractivity (Wildman–Crippen MR) is 84.8 cm³/mol. The van der Waals surface area contributed by atoms with Crippen LogP contribution in [-0.4, -0.2) is 77.4 Å². The molecule has 0 saturated carbocycles. The van der Waals surface area contributed by atoms with Gasteiger partial charge >= 0.3 is 0 Å². The molecule has 2 aliphatic rings. The van der Waals surface area contributed by atoms with Crippen LogP contribution in [0, 0.1) is 6.92 Å². The van der Waals surface area contributed by atoms with Gasteiger partial charge in [-0.15, -0.1) is 0 Å². The van der Waals surface area contributed by atoms with Crippen molar-refractivity contribution in [3.63, 3.8) is 0 Å². The van der Waals surface area contributed by atoms with Gasteiger partial charge in [-0.3, -0.25) is 9.69 Å². The summed E-state index contributed by atoms with van der Waals surface area (Å²) < 4.78 is 0. The number of rotatable bonds is 2. The van der Waals surface area contributed by atoms with Crippen LogP contribution >= 0.6 is 0 Å². The van der Waals surface area contributed by atoms with Crippen molar-refractivity contribution in [1.29, 1.82) is 0 Å². The van der Waals surface area contributed by atoms with E-state index in [0.29, 0.717) is 5.69 Å². The number of likely N-dealkylation sites (N-methyl/N-ethyl adjacent to an activating group) is 1. The molecule has 0 aromatic carbocycles. The Bertz CT molecular complexity index is 553. The van der Waals surface area contributed by atoms with Crippen LogP contribution in [0.25, 0.3) is 0 Å². The van der Waals surface area contributed by atoms with Gasteiger partial charge < -0.3 is 9.80 Å². The Morgan fingerprint density at radius 3 is 2.50 bits per heavy atom. The fourth-order valence-electron chi connectivity index (χ4n) is 3.26. The maximum Gasteiger partial charge on any atom is 0.272 e. The SMILES string of the molecule is Cc1cc(C(=O)N2CCN(C)CC2)nc(C2CCCN2C)n1. The van der Waals surface area contributed by atoms with E-state index in [-0.39, 0.29) is 11.9 Å². The second-order valence-corrected chi connectivity index (χ2v) is 6.49. The van der Waals surface area contributed by atoms with Crippen LogP contribution in [0.3, 0.4) is 0 Å². The number of hydrogen-bond donors (Lipinski definition) is 0. The van der Waals surface area contributed by atoms with Crippen LogP contribution in [0.15, 0.2) is 6.07 Å². The minimum absolute atomic E-state index is 0.0421. The van der Waals surface area contributed by atoms with E-state index in [0.717, 1.165) is 50.7 Å². The van der Waals surface area contributed by atoms with Crippen LogP contribution in [0.5, 0.6) is 0 Å². The van der Waals surface area contributed by atoms with E-state index >= 15 is 0 Å². The van der Waals surface area contributed by atoms with E-state index in [2.05, 4.69) is 33.9 Å². The van der Waals surface area contributed by atoms with Crippen molar-refractivity contribution in [3.8, 4) is 0 Å². The molecule has 0 bridgehead atoms. The van der Waals surface area contributed by atoms with Gasteiger partial charge in [-0.1, -0.05) is 0 Å². The first-order valence-corrected chi connectivity index (χ1v) is 8.08. The van der Waals surface area contributed by atoms with Gasteiger partial charge in [0, 0.05) is 31.9 Å². The molecule has 2 fully saturated rings. The Morgan fingerprint density at radius 1 is 1.14 bits per heavy atom. The number of likely N-dealkylation sites (tertiary alicyclic amines) is 1. The van der Waals surface area contributed by atoms with Gasteiger partial charge in [0.25, 0.3) is 5.91 Å². The van der Waals surface area contributed by atoms with Crippen LogP contribution < -0.4 is 0 Å². The van der Waals surface area contributed by atoms with Crippen molar-refractivity contribution in [3.05, 3.63) is 23.3 Å². The molecule has 120 valence electrons. The average molecular weight is 303 g/mol. The summed E-state index contributed by atoms with van der Waals surface area (Å²) in [5, 5.41) is 0. The molecular weight excluding hydrogens is 278 g/mol. The van der Waals surface area contributed by atoms with Gasteiger partial charge in [0.2, 0.25) is 0 Å². The Kier molecular flexibility index (Phi) is 4.40. The maximum atomic E-state index is 12.7. The van der Waals surface area contributed by atoms with E-state index in [1.165, 1.54) is 6.42 Å². The number of aryl methyl sites for hydroxylation is 1. The Balaban J connectivity index is 1.81. The molecule has 22 heavy (non-hydrogen) atoms. The lowest BCUT2D eigenvalue weighted by molar-refractivity contribution is 0.0657. The summed E-state index contributed by atoms with van der Waals surface area (Å²) in [6.07, 6.45) is 2.24. The molecule has 1 aromatic rings. The first-order valence-electron chi connectivity index (χ1n) is 8.08. The number of carbonyl (C=O) groups is 1. The van der Waals surface area contributed by atoms with Gasteiger partial charge in [0.15, 0.2) is 0 Å². The summed E-state index contributed by atoms with van der Waals surface area (Å²) in [7, 11) is 4.19. The highest BCUT2D eigenvalue weighted by Gasteiger charge is 2.27. The van der Waals surface area contributed by atoms with Crippen LogP contribution in [0.4, 0.5) is 0 Å². The standard InChI is InChI=1S/C16H25N5O/c1-12-11-13(16(22)21-9-7-19(2)8-10-21)18-15(17-12)14-5-4-6-20(14)3/h11,14H,4-10H2,1-3H3.